The molecule has 1 N–H and O–H groups in total. The Hall–Kier alpha value is -3.16. The zero-order chi connectivity index (χ0) is 21.1. The number of hydrogen-bond donors (Lipinski definition) is 1. The lowest BCUT2D eigenvalue weighted by atomic mass is 10.1. The van der Waals surface area contributed by atoms with Crippen molar-refractivity contribution in [2.75, 3.05) is 36.4 Å². The van der Waals surface area contributed by atoms with Crippen LogP contribution in [0.4, 0.5) is 20.2 Å². The molecule has 0 aromatic heterocycles. The molecule has 0 bridgehead atoms. The second-order valence-corrected chi connectivity index (χ2v) is 7.52. The average Bonchev–Trinajstić information content (AvgIpc) is 2.76. The maximum Gasteiger partial charge on any atom is 0.265 e. The molecule has 2 aliphatic heterocycles. The summed E-state index contributed by atoms with van der Waals surface area (Å²) in [6.45, 7) is 1.62. The van der Waals surface area contributed by atoms with Crippen LogP contribution >= 0.6 is 0 Å². The molecule has 6 nitrogen and oxygen atoms in total. The van der Waals surface area contributed by atoms with Crippen molar-refractivity contribution < 1.29 is 23.1 Å². The molecule has 2 amide bonds. The van der Waals surface area contributed by atoms with Crippen molar-refractivity contribution >= 4 is 23.2 Å². The monoisotopic (exact) mass is 415 g/mol. The highest BCUT2D eigenvalue weighted by Crippen LogP contribution is 2.33. The van der Waals surface area contributed by atoms with Gasteiger partial charge < -0.3 is 19.9 Å². The fraction of sp³-hybridized carbons (Fsp3) is 0.364. The summed E-state index contributed by atoms with van der Waals surface area (Å²) in [5.41, 5.74) is 0.877. The summed E-state index contributed by atoms with van der Waals surface area (Å²) in [6, 6.07) is 10.4. The van der Waals surface area contributed by atoms with E-state index in [4.69, 9.17) is 4.74 Å². The number of hydrogen-bond acceptors (Lipinski definition) is 4. The molecule has 0 spiro atoms. The minimum atomic E-state index is -1.03. The van der Waals surface area contributed by atoms with Crippen LogP contribution in [0.15, 0.2) is 42.5 Å². The van der Waals surface area contributed by atoms with Gasteiger partial charge in [-0.1, -0.05) is 12.1 Å². The third-order valence-electron chi connectivity index (χ3n) is 5.34. The number of benzene rings is 2. The molecule has 1 saturated heterocycles. The number of carbonyl (C=O) groups is 2. The zero-order valence-electron chi connectivity index (χ0n) is 16.4. The highest BCUT2D eigenvalue weighted by molar-refractivity contribution is 5.95. The van der Waals surface area contributed by atoms with E-state index in [1.807, 2.05) is 23.1 Å². The van der Waals surface area contributed by atoms with Crippen molar-refractivity contribution in [3.8, 4) is 5.75 Å². The molecule has 1 fully saturated rings. The van der Waals surface area contributed by atoms with Crippen LogP contribution in [-0.4, -0.2) is 49.0 Å². The number of amides is 2. The van der Waals surface area contributed by atoms with Crippen molar-refractivity contribution in [1.82, 2.24) is 4.90 Å². The Balaban J connectivity index is 1.48. The number of nitrogens with one attached hydrogen (secondary N) is 1. The molecular formula is C22H23F2N3O3. The van der Waals surface area contributed by atoms with Crippen molar-refractivity contribution in [3.05, 3.63) is 54.1 Å². The van der Waals surface area contributed by atoms with Crippen LogP contribution in [0, 0.1) is 11.6 Å². The second-order valence-electron chi connectivity index (χ2n) is 7.52. The molecule has 4 rings (SSSR count). The first-order valence-electron chi connectivity index (χ1n) is 10.1. The highest BCUT2D eigenvalue weighted by atomic mass is 19.2. The molecular weight excluding hydrogens is 392 g/mol. The SMILES string of the molecule is O=C(CN1CC(C(=O)N2CCCCC2)Oc2ccccc21)Nc1ccc(F)c(F)c1. The number of rotatable bonds is 4. The predicted octanol–water partition coefficient (Wildman–Crippen LogP) is 3.18. The first-order valence-corrected chi connectivity index (χ1v) is 10.1. The summed E-state index contributed by atoms with van der Waals surface area (Å²) < 4.78 is 32.5. The van der Waals surface area contributed by atoms with E-state index in [2.05, 4.69) is 5.32 Å². The molecule has 158 valence electrons. The van der Waals surface area contributed by atoms with Gasteiger partial charge in [0, 0.05) is 24.8 Å². The van der Waals surface area contributed by atoms with Crippen LogP contribution in [0.25, 0.3) is 0 Å². The van der Waals surface area contributed by atoms with E-state index in [0.29, 0.717) is 11.4 Å². The normalized spacial score (nSPS) is 18.4. The third kappa shape index (κ3) is 4.37. The number of likely N-dealkylation sites (tertiary alicyclic amines) is 1. The molecule has 8 heteroatoms. The summed E-state index contributed by atoms with van der Waals surface area (Å²) in [5.74, 6) is -1.94. The van der Waals surface area contributed by atoms with Crippen molar-refractivity contribution in [1.29, 1.82) is 0 Å². The fourth-order valence-corrected chi connectivity index (χ4v) is 3.85. The van der Waals surface area contributed by atoms with Crippen molar-refractivity contribution in [2.24, 2.45) is 0 Å². The maximum absolute atomic E-state index is 13.4. The summed E-state index contributed by atoms with van der Waals surface area (Å²) in [7, 11) is 0. The summed E-state index contributed by atoms with van der Waals surface area (Å²) >= 11 is 0. The molecule has 0 radical (unpaired) electrons. The van der Waals surface area contributed by atoms with Gasteiger partial charge in [-0.25, -0.2) is 8.78 Å². The molecule has 2 aromatic carbocycles. The predicted molar refractivity (Wildman–Crippen MR) is 108 cm³/mol. The van der Waals surface area contributed by atoms with Gasteiger partial charge in [-0.05, 0) is 43.5 Å². The van der Waals surface area contributed by atoms with Gasteiger partial charge >= 0.3 is 0 Å². The van der Waals surface area contributed by atoms with E-state index in [1.165, 1.54) is 6.07 Å². The Bertz CT molecular complexity index is 947. The van der Waals surface area contributed by atoms with Gasteiger partial charge in [-0.3, -0.25) is 9.59 Å². The van der Waals surface area contributed by atoms with Gasteiger partial charge in [-0.15, -0.1) is 0 Å². The molecule has 2 heterocycles. The molecule has 30 heavy (non-hydrogen) atoms. The van der Waals surface area contributed by atoms with Gasteiger partial charge in [0.15, 0.2) is 17.7 Å². The minimum Gasteiger partial charge on any atom is -0.477 e. The lowest BCUT2D eigenvalue weighted by molar-refractivity contribution is -0.139. The van der Waals surface area contributed by atoms with E-state index in [1.54, 1.807) is 11.0 Å². The summed E-state index contributed by atoms with van der Waals surface area (Å²) in [4.78, 5) is 29.1. The first-order chi connectivity index (χ1) is 14.5. The molecule has 0 aliphatic carbocycles. The van der Waals surface area contributed by atoms with E-state index in [-0.39, 0.29) is 24.7 Å². The van der Waals surface area contributed by atoms with Gasteiger partial charge in [0.25, 0.3) is 5.91 Å². The third-order valence-corrected chi connectivity index (χ3v) is 5.34. The molecule has 1 unspecified atom stereocenters. The number of para-hydroxylation sites is 2. The number of ether oxygens (including phenoxy) is 1. The van der Waals surface area contributed by atoms with E-state index in [0.717, 1.165) is 44.5 Å². The highest BCUT2D eigenvalue weighted by Gasteiger charge is 2.34. The van der Waals surface area contributed by atoms with Crippen LogP contribution in [-0.2, 0) is 9.59 Å². The molecule has 1 atom stereocenters. The van der Waals surface area contributed by atoms with Gasteiger partial charge in [0.1, 0.15) is 5.75 Å². The quantitative estimate of drug-likeness (QED) is 0.833. The van der Waals surface area contributed by atoms with Gasteiger partial charge in [0.2, 0.25) is 5.91 Å². The number of nitrogens with zero attached hydrogens (tertiary/aromatic N) is 2. The second kappa shape index (κ2) is 8.69. The first kappa shape index (κ1) is 20.1. The van der Waals surface area contributed by atoms with Crippen LogP contribution in [0.3, 0.4) is 0 Å². The van der Waals surface area contributed by atoms with Crippen molar-refractivity contribution in [2.45, 2.75) is 25.4 Å². The van der Waals surface area contributed by atoms with Crippen LogP contribution in [0.5, 0.6) is 5.75 Å². The van der Waals surface area contributed by atoms with E-state index in [9.17, 15) is 18.4 Å². The number of anilines is 2. The Morgan fingerprint density at radius 3 is 2.57 bits per heavy atom. The van der Waals surface area contributed by atoms with Crippen LogP contribution in [0.1, 0.15) is 19.3 Å². The average molecular weight is 415 g/mol. The fourth-order valence-electron chi connectivity index (χ4n) is 3.85. The lowest BCUT2D eigenvalue weighted by Crippen LogP contribution is -2.52. The standard InChI is InChI=1S/C22H23F2N3O3/c23-16-9-8-15(12-17(16)24)25-21(28)14-27-13-20(22(29)26-10-4-1-5-11-26)30-19-7-3-2-6-18(19)27/h2-3,6-9,12,20H,1,4-5,10-11,13-14H2,(H,25,28). The minimum absolute atomic E-state index is 0.0524. The van der Waals surface area contributed by atoms with Crippen LogP contribution in [0.2, 0.25) is 0 Å². The topological polar surface area (TPSA) is 61.9 Å². The molecule has 2 aliphatic rings. The zero-order valence-corrected chi connectivity index (χ0v) is 16.4. The number of fused-ring (bicyclic) bond motifs is 1. The Morgan fingerprint density at radius 1 is 1.03 bits per heavy atom. The summed E-state index contributed by atoms with van der Waals surface area (Å²) in [6.07, 6.45) is 2.38. The Labute approximate surface area is 173 Å². The number of carbonyl (C=O) groups excluding carboxylic acids is 2. The van der Waals surface area contributed by atoms with Crippen LogP contribution < -0.4 is 15.0 Å². The van der Waals surface area contributed by atoms with Crippen molar-refractivity contribution in [3.63, 3.8) is 0 Å². The smallest absolute Gasteiger partial charge is 0.265 e. The Morgan fingerprint density at radius 2 is 1.80 bits per heavy atom. The van der Waals surface area contributed by atoms with Gasteiger partial charge in [0.05, 0.1) is 18.8 Å². The van der Waals surface area contributed by atoms with Gasteiger partial charge in [-0.2, -0.15) is 0 Å². The Kier molecular flexibility index (Phi) is 5.83. The number of halogens is 2. The summed E-state index contributed by atoms with van der Waals surface area (Å²) in [5, 5.41) is 2.57. The number of piperidine rings is 1. The maximum atomic E-state index is 13.4. The largest absolute Gasteiger partial charge is 0.477 e. The van der Waals surface area contributed by atoms with E-state index < -0.39 is 23.6 Å². The molecule has 0 saturated carbocycles. The lowest BCUT2D eigenvalue weighted by Gasteiger charge is -2.38. The molecule has 2 aromatic rings. The van der Waals surface area contributed by atoms with E-state index >= 15 is 0 Å².